The molecule has 27 heavy (non-hydrogen) atoms. The van der Waals surface area contributed by atoms with Crippen LogP contribution in [0.4, 0.5) is 0 Å². The number of likely N-dealkylation sites (N-methyl/N-ethyl adjacent to an activating group) is 1. The summed E-state index contributed by atoms with van der Waals surface area (Å²) in [6, 6.07) is 15.2. The Balaban J connectivity index is 1.55. The number of amides is 1. The number of ether oxygens (including phenoxy) is 2. The molecule has 2 aromatic rings. The topological polar surface area (TPSA) is 50.8 Å². The molecule has 1 atom stereocenters. The van der Waals surface area contributed by atoms with Gasteiger partial charge >= 0.3 is 0 Å². The monoisotopic (exact) mass is 368 g/mol. The van der Waals surface area contributed by atoms with Crippen LogP contribution in [0.25, 0.3) is 0 Å². The second kappa shape index (κ2) is 9.42. The van der Waals surface area contributed by atoms with Crippen molar-refractivity contribution in [1.29, 1.82) is 0 Å². The molecule has 144 valence electrons. The predicted molar refractivity (Wildman–Crippen MR) is 106 cm³/mol. The van der Waals surface area contributed by atoms with Gasteiger partial charge in [0.15, 0.2) is 0 Å². The molecular weight excluding hydrogens is 340 g/mol. The van der Waals surface area contributed by atoms with Crippen LogP contribution in [-0.4, -0.2) is 43.7 Å². The second-order valence-electron chi connectivity index (χ2n) is 6.60. The molecule has 0 spiro atoms. The van der Waals surface area contributed by atoms with Gasteiger partial charge in [0.2, 0.25) is 0 Å². The summed E-state index contributed by atoms with van der Waals surface area (Å²) in [7, 11) is 0. The molecule has 5 heteroatoms. The Bertz CT molecular complexity index is 741. The van der Waals surface area contributed by atoms with E-state index in [1.165, 1.54) is 0 Å². The zero-order chi connectivity index (χ0) is 19.1. The van der Waals surface area contributed by atoms with Gasteiger partial charge in [-0.1, -0.05) is 32.0 Å². The van der Waals surface area contributed by atoms with Gasteiger partial charge in [-0.3, -0.25) is 4.79 Å². The largest absolute Gasteiger partial charge is 0.493 e. The fourth-order valence-corrected chi connectivity index (χ4v) is 3.27. The lowest BCUT2D eigenvalue weighted by Gasteiger charge is -2.26. The lowest BCUT2D eigenvalue weighted by molar-refractivity contribution is 0.0924. The van der Waals surface area contributed by atoms with Crippen LogP contribution in [0, 0.1) is 0 Å². The van der Waals surface area contributed by atoms with Gasteiger partial charge in [-0.05, 0) is 43.4 Å². The summed E-state index contributed by atoms with van der Waals surface area (Å²) >= 11 is 0. The van der Waals surface area contributed by atoms with Gasteiger partial charge in [-0.15, -0.1) is 0 Å². The van der Waals surface area contributed by atoms with Gasteiger partial charge < -0.3 is 19.7 Å². The van der Waals surface area contributed by atoms with Gasteiger partial charge in [0.25, 0.3) is 5.91 Å². The Morgan fingerprint density at radius 2 is 1.89 bits per heavy atom. The van der Waals surface area contributed by atoms with E-state index in [-0.39, 0.29) is 11.9 Å². The van der Waals surface area contributed by atoms with E-state index in [0.717, 1.165) is 43.1 Å². The molecule has 1 aliphatic rings. The number of hydrogen-bond donors (Lipinski definition) is 1. The number of nitrogens with zero attached hydrogens (tertiary/aromatic N) is 1. The number of carbonyl (C=O) groups is 1. The summed E-state index contributed by atoms with van der Waals surface area (Å²) in [5.41, 5.74) is 1.67. The van der Waals surface area contributed by atoms with Crippen molar-refractivity contribution in [2.45, 2.75) is 26.3 Å². The minimum atomic E-state index is -0.0774. The number of carbonyl (C=O) groups excluding carboxylic acids is 1. The first kappa shape index (κ1) is 19.2. The first-order valence-electron chi connectivity index (χ1n) is 9.69. The molecule has 5 nitrogen and oxygen atoms in total. The van der Waals surface area contributed by atoms with E-state index in [9.17, 15) is 4.79 Å². The van der Waals surface area contributed by atoms with E-state index in [1.807, 2.05) is 48.5 Å². The third kappa shape index (κ3) is 5.01. The maximum absolute atomic E-state index is 12.6. The number of benzene rings is 2. The molecular formula is C22H28N2O3. The lowest BCUT2D eigenvalue weighted by atomic mass is 10.00. The molecule has 0 aromatic heterocycles. The minimum Gasteiger partial charge on any atom is -0.493 e. The van der Waals surface area contributed by atoms with Crippen molar-refractivity contribution in [2.75, 3.05) is 32.8 Å². The molecule has 2 aromatic carbocycles. The molecule has 1 N–H and O–H groups in total. The molecule has 1 heterocycles. The Morgan fingerprint density at radius 3 is 2.63 bits per heavy atom. The molecule has 3 rings (SSSR count). The van der Waals surface area contributed by atoms with Crippen LogP contribution in [0.5, 0.6) is 11.5 Å². The summed E-state index contributed by atoms with van der Waals surface area (Å²) in [6.45, 7) is 8.50. The van der Waals surface area contributed by atoms with Crippen molar-refractivity contribution >= 4 is 5.91 Å². The molecule has 1 unspecified atom stereocenters. The number of rotatable bonds is 8. The normalized spacial score (nSPS) is 15.7. The molecule has 1 amide bonds. The number of hydrogen-bond acceptors (Lipinski definition) is 4. The summed E-state index contributed by atoms with van der Waals surface area (Å²) in [5, 5.41) is 3.12. The van der Waals surface area contributed by atoms with Crippen LogP contribution in [-0.2, 0) is 0 Å². The molecule has 0 saturated carbocycles. The van der Waals surface area contributed by atoms with E-state index in [1.54, 1.807) is 0 Å². The molecule has 0 fully saturated rings. The third-order valence-corrected chi connectivity index (χ3v) is 4.95. The standard InChI is InChI=1S/C22H28N2O3/c1-3-24(4-2)14-16-26-18-11-9-17(10-12-18)22(25)23-20-13-15-27-21-8-6-5-7-19(20)21/h5-12,20H,3-4,13-16H2,1-2H3,(H,23,25). The Hall–Kier alpha value is -2.53. The summed E-state index contributed by atoms with van der Waals surface area (Å²) in [4.78, 5) is 14.9. The van der Waals surface area contributed by atoms with Crippen molar-refractivity contribution < 1.29 is 14.3 Å². The summed E-state index contributed by atoms with van der Waals surface area (Å²) in [6.07, 6.45) is 0.773. The predicted octanol–water partition coefficient (Wildman–Crippen LogP) is 3.66. The van der Waals surface area contributed by atoms with Crippen molar-refractivity contribution in [1.82, 2.24) is 10.2 Å². The average molecular weight is 368 g/mol. The number of nitrogens with one attached hydrogen (secondary N) is 1. The lowest BCUT2D eigenvalue weighted by Crippen LogP contribution is -2.32. The quantitative estimate of drug-likeness (QED) is 0.773. The zero-order valence-corrected chi connectivity index (χ0v) is 16.1. The Kier molecular flexibility index (Phi) is 6.71. The first-order chi connectivity index (χ1) is 13.2. The smallest absolute Gasteiger partial charge is 0.251 e. The van der Waals surface area contributed by atoms with Crippen LogP contribution in [0.1, 0.15) is 42.2 Å². The fraction of sp³-hybridized carbons (Fsp3) is 0.409. The van der Waals surface area contributed by atoms with Crippen LogP contribution in [0.15, 0.2) is 48.5 Å². The van der Waals surface area contributed by atoms with Crippen molar-refractivity contribution in [3.63, 3.8) is 0 Å². The van der Waals surface area contributed by atoms with Crippen LogP contribution in [0.3, 0.4) is 0 Å². The number of para-hydroxylation sites is 1. The Labute approximate surface area is 161 Å². The first-order valence-corrected chi connectivity index (χ1v) is 9.69. The SMILES string of the molecule is CCN(CC)CCOc1ccc(C(=O)NC2CCOc3ccccc32)cc1. The highest BCUT2D eigenvalue weighted by Crippen LogP contribution is 2.31. The molecule has 0 bridgehead atoms. The summed E-state index contributed by atoms with van der Waals surface area (Å²) < 4.78 is 11.4. The average Bonchev–Trinajstić information content (AvgIpc) is 2.72. The highest BCUT2D eigenvalue weighted by molar-refractivity contribution is 5.94. The highest BCUT2D eigenvalue weighted by atomic mass is 16.5. The van der Waals surface area contributed by atoms with Gasteiger partial charge in [0, 0.05) is 24.1 Å². The van der Waals surface area contributed by atoms with Gasteiger partial charge in [-0.25, -0.2) is 0 Å². The van der Waals surface area contributed by atoms with Crippen molar-refractivity contribution in [3.05, 3.63) is 59.7 Å². The third-order valence-electron chi connectivity index (χ3n) is 4.95. The van der Waals surface area contributed by atoms with E-state index in [4.69, 9.17) is 9.47 Å². The molecule has 1 aliphatic heterocycles. The van der Waals surface area contributed by atoms with Gasteiger partial charge in [-0.2, -0.15) is 0 Å². The highest BCUT2D eigenvalue weighted by Gasteiger charge is 2.23. The van der Waals surface area contributed by atoms with E-state index in [2.05, 4.69) is 24.1 Å². The Morgan fingerprint density at radius 1 is 1.15 bits per heavy atom. The van der Waals surface area contributed by atoms with Crippen LogP contribution < -0.4 is 14.8 Å². The number of fused-ring (bicyclic) bond motifs is 1. The molecule has 0 radical (unpaired) electrons. The molecule has 0 saturated heterocycles. The van der Waals surface area contributed by atoms with Gasteiger partial charge in [0.05, 0.1) is 12.6 Å². The summed E-state index contributed by atoms with van der Waals surface area (Å²) in [5.74, 6) is 1.56. The van der Waals surface area contributed by atoms with Crippen LogP contribution >= 0.6 is 0 Å². The van der Waals surface area contributed by atoms with Crippen LogP contribution in [0.2, 0.25) is 0 Å². The zero-order valence-electron chi connectivity index (χ0n) is 16.1. The second-order valence-corrected chi connectivity index (χ2v) is 6.60. The van der Waals surface area contributed by atoms with Crippen molar-refractivity contribution in [3.8, 4) is 11.5 Å². The maximum Gasteiger partial charge on any atom is 0.251 e. The minimum absolute atomic E-state index is 0.0209. The maximum atomic E-state index is 12.6. The van der Waals surface area contributed by atoms with E-state index in [0.29, 0.717) is 18.8 Å². The van der Waals surface area contributed by atoms with E-state index < -0.39 is 0 Å². The van der Waals surface area contributed by atoms with Gasteiger partial charge in [0.1, 0.15) is 18.1 Å². The molecule has 0 aliphatic carbocycles. The fourth-order valence-electron chi connectivity index (χ4n) is 3.27. The van der Waals surface area contributed by atoms with E-state index >= 15 is 0 Å². The van der Waals surface area contributed by atoms with Crippen molar-refractivity contribution in [2.24, 2.45) is 0 Å².